The third kappa shape index (κ3) is 4.71. The number of carbonyl (C=O) groups excluding carboxylic acids is 2. The Kier molecular flexibility index (Phi) is 6.00. The van der Waals surface area contributed by atoms with E-state index in [-0.39, 0.29) is 24.2 Å². The van der Waals surface area contributed by atoms with E-state index in [1.807, 2.05) is 41.8 Å². The van der Waals surface area contributed by atoms with E-state index in [4.69, 9.17) is 0 Å². The highest BCUT2D eigenvalue weighted by atomic mass is 32.1. The van der Waals surface area contributed by atoms with E-state index >= 15 is 0 Å². The van der Waals surface area contributed by atoms with Crippen molar-refractivity contribution in [2.45, 2.75) is 25.2 Å². The van der Waals surface area contributed by atoms with E-state index in [9.17, 15) is 9.59 Å². The van der Waals surface area contributed by atoms with Crippen LogP contribution in [0.5, 0.6) is 0 Å². The molecule has 2 heterocycles. The normalized spacial score (nSPS) is 13.8. The fraction of sp³-hybridized carbons (Fsp3) is 0.261. The van der Waals surface area contributed by atoms with Gasteiger partial charge in [-0.2, -0.15) is 0 Å². The summed E-state index contributed by atoms with van der Waals surface area (Å²) in [4.78, 5) is 30.6. The Hall–Kier alpha value is -2.99. The van der Waals surface area contributed by atoms with Gasteiger partial charge in [0, 0.05) is 30.8 Å². The van der Waals surface area contributed by atoms with Gasteiger partial charge in [-0.15, -0.1) is 11.3 Å². The van der Waals surface area contributed by atoms with Crippen LogP contribution in [0.15, 0.2) is 66.0 Å². The maximum Gasteiger partial charge on any atom is 0.228 e. The first-order chi connectivity index (χ1) is 14.2. The number of nitrogens with one attached hydrogen (secondary N) is 1. The number of hydrogen-bond donors (Lipinski definition) is 1. The Labute approximate surface area is 174 Å². The van der Waals surface area contributed by atoms with Gasteiger partial charge in [0.2, 0.25) is 11.8 Å². The molecule has 3 aromatic rings. The minimum absolute atomic E-state index is 0.0635. The minimum atomic E-state index is -0.0635. The van der Waals surface area contributed by atoms with Gasteiger partial charge in [0.15, 0.2) is 5.13 Å². The number of aromatic nitrogens is 1. The van der Waals surface area contributed by atoms with Crippen LogP contribution in [0.25, 0.3) is 0 Å². The first-order valence-corrected chi connectivity index (χ1v) is 10.7. The van der Waals surface area contributed by atoms with Crippen molar-refractivity contribution in [3.8, 4) is 0 Å². The van der Waals surface area contributed by atoms with E-state index in [1.54, 1.807) is 4.90 Å². The van der Waals surface area contributed by atoms with Crippen molar-refractivity contribution in [2.24, 2.45) is 0 Å². The summed E-state index contributed by atoms with van der Waals surface area (Å²) in [5, 5.41) is 5.62. The van der Waals surface area contributed by atoms with Crippen LogP contribution in [0, 0.1) is 0 Å². The molecule has 148 valence electrons. The first-order valence-electron chi connectivity index (χ1n) is 9.82. The van der Waals surface area contributed by atoms with Gasteiger partial charge in [-0.3, -0.25) is 14.5 Å². The lowest BCUT2D eigenvalue weighted by atomic mass is 9.91. The molecule has 1 fully saturated rings. The fourth-order valence-electron chi connectivity index (χ4n) is 3.59. The van der Waals surface area contributed by atoms with Gasteiger partial charge in [0.1, 0.15) is 0 Å². The summed E-state index contributed by atoms with van der Waals surface area (Å²) in [5.41, 5.74) is 3.04. The SMILES string of the molecule is O=C(Cc1csc(N2CCCC2=O)n1)NCC(c1ccccc1)c1ccccc1. The number of amides is 2. The molecule has 0 radical (unpaired) electrons. The molecular formula is C23H23N3O2S. The van der Waals surface area contributed by atoms with Crippen molar-refractivity contribution >= 4 is 28.3 Å². The number of anilines is 1. The second-order valence-corrected chi connectivity index (χ2v) is 7.96. The average molecular weight is 406 g/mol. The van der Waals surface area contributed by atoms with E-state index in [2.05, 4.69) is 34.6 Å². The number of rotatable bonds is 7. The molecular weight excluding hydrogens is 382 g/mol. The summed E-state index contributed by atoms with van der Waals surface area (Å²) in [7, 11) is 0. The second kappa shape index (κ2) is 9.01. The summed E-state index contributed by atoms with van der Waals surface area (Å²) < 4.78 is 0. The molecule has 1 N–H and O–H groups in total. The van der Waals surface area contributed by atoms with Crippen molar-refractivity contribution in [3.05, 3.63) is 82.9 Å². The molecule has 0 spiro atoms. The fourth-order valence-corrected chi connectivity index (χ4v) is 4.46. The summed E-state index contributed by atoms with van der Waals surface area (Å²) in [5.74, 6) is 0.143. The van der Waals surface area contributed by atoms with Crippen LogP contribution in [0.2, 0.25) is 0 Å². The van der Waals surface area contributed by atoms with Crippen LogP contribution in [-0.2, 0) is 16.0 Å². The van der Waals surface area contributed by atoms with Gasteiger partial charge in [0.25, 0.3) is 0 Å². The van der Waals surface area contributed by atoms with E-state index in [0.717, 1.165) is 6.42 Å². The predicted molar refractivity (Wildman–Crippen MR) is 115 cm³/mol. The molecule has 0 aliphatic carbocycles. The standard InChI is InChI=1S/C23H23N3O2S/c27-21(14-19-16-29-23(25-19)26-13-7-12-22(26)28)24-15-20(17-8-3-1-4-9-17)18-10-5-2-6-11-18/h1-6,8-11,16,20H,7,12-15H2,(H,24,27). The Bertz CT molecular complexity index is 933. The highest BCUT2D eigenvalue weighted by Crippen LogP contribution is 2.26. The molecule has 29 heavy (non-hydrogen) atoms. The molecule has 0 atom stereocenters. The van der Waals surface area contributed by atoms with E-state index < -0.39 is 0 Å². The smallest absolute Gasteiger partial charge is 0.228 e. The molecule has 6 heteroatoms. The molecule has 0 bridgehead atoms. The molecule has 0 unspecified atom stereocenters. The molecule has 2 aromatic carbocycles. The number of nitrogens with zero attached hydrogens (tertiary/aromatic N) is 2. The van der Waals surface area contributed by atoms with Crippen LogP contribution >= 0.6 is 11.3 Å². The number of carbonyl (C=O) groups is 2. The highest BCUT2D eigenvalue weighted by Gasteiger charge is 2.24. The Balaban J connectivity index is 1.40. The molecule has 1 aliphatic heterocycles. The third-order valence-electron chi connectivity index (χ3n) is 5.09. The summed E-state index contributed by atoms with van der Waals surface area (Å²) >= 11 is 1.42. The zero-order valence-electron chi connectivity index (χ0n) is 16.1. The van der Waals surface area contributed by atoms with Crippen LogP contribution in [0.4, 0.5) is 5.13 Å². The molecule has 4 rings (SSSR count). The quantitative estimate of drug-likeness (QED) is 0.651. The minimum Gasteiger partial charge on any atom is -0.355 e. The van der Waals surface area contributed by atoms with Crippen molar-refractivity contribution in [1.29, 1.82) is 0 Å². The lowest BCUT2D eigenvalue weighted by molar-refractivity contribution is -0.120. The number of benzene rings is 2. The zero-order valence-corrected chi connectivity index (χ0v) is 16.9. The van der Waals surface area contributed by atoms with Gasteiger partial charge in [-0.25, -0.2) is 4.98 Å². The van der Waals surface area contributed by atoms with Crippen LogP contribution in [0.3, 0.4) is 0 Å². The second-order valence-electron chi connectivity index (χ2n) is 7.13. The van der Waals surface area contributed by atoms with Gasteiger partial charge >= 0.3 is 0 Å². The average Bonchev–Trinajstić information content (AvgIpc) is 3.38. The van der Waals surface area contributed by atoms with Crippen LogP contribution < -0.4 is 10.2 Å². The van der Waals surface area contributed by atoms with Gasteiger partial charge in [-0.1, -0.05) is 60.7 Å². The lowest BCUT2D eigenvalue weighted by Crippen LogP contribution is -2.30. The van der Waals surface area contributed by atoms with Gasteiger partial charge in [-0.05, 0) is 17.5 Å². The summed E-state index contributed by atoms with van der Waals surface area (Å²) in [6.07, 6.45) is 1.67. The topological polar surface area (TPSA) is 62.3 Å². The summed E-state index contributed by atoms with van der Waals surface area (Å²) in [6, 6.07) is 20.4. The van der Waals surface area contributed by atoms with Crippen LogP contribution in [-0.4, -0.2) is 29.9 Å². The highest BCUT2D eigenvalue weighted by molar-refractivity contribution is 7.14. The van der Waals surface area contributed by atoms with Crippen molar-refractivity contribution in [1.82, 2.24) is 10.3 Å². The lowest BCUT2D eigenvalue weighted by Gasteiger charge is -2.18. The van der Waals surface area contributed by atoms with Crippen LogP contribution in [0.1, 0.15) is 35.6 Å². The predicted octanol–water partition coefficient (Wildman–Crippen LogP) is 3.76. The van der Waals surface area contributed by atoms with E-state index in [0.29, 0.717) is 30.3 Å². The Morgan fingerprint density at radius 2 is 1.72 bits per heavy atom. The van der Waals surface area contributed by atoms with Crippen molar-refractivity contribution in [2.75, 3.05) is 18.0 Å². The van der Waals surface area contributed by atoms with Gasteiger partial charge in [0.05, 0.1) is 12.1 Å². The number of hydrogen-bond acceptors (Lipinski definition) is 4. The molecule has 5 nitrogen and oxygen atoms in total. The van der Waals surface area contributed by atoms with E-state index in [1.165, 1.54) is 22.5 Å². The Morgan fingerprint density at radius 3 is 2.31 bits per heavy atom. The molecule has 0 saturated carbocycles. The molecule has 1 aromatic heterocycles. The zero-order chi connectivity index (χ0) is 20.1. The van der Waals surface area contributed by atoms with Crippen molar-refractivity contribution < 1.29 is 9.59 Å². The summed E-state index contributed by atoms with van der Waals surface area (Å²) in [6.45, 7) is 1.24. The Morgan fingerprint density at radius 1 is 1.07 bits per heavy atom. The maximum atomic E-state index is 12.5. The molecule has 2 amide bonds. The maximum absolute atomic E-state index is 12.5. The molecule has 1 aliphatic rings. The monoisotopic (exact) mass is 405 g/mol. The third-order valence-corrected chi connectivity index (χ3v) is 6.01. The largest absolute Gasteiger partial charge is 0.355 e. The molecule has 1 saturated heterocycles. The van der Waals surface area contributed by atoms with Gasteiger partial charge < -0.3 is 5.32 Å². The number of thiazole rings is 1. The van der Waals surface area contributed by atoms with Crippen molar-refractivity contribution in [3.63, 3.8) is 0 Å². The first kappa shape index (κ1) is 19.3.